The summed E-state index contributed by atoms with van der Waals surface area (Å²) in [6, 6.07) is 11.4. The molecule has 1 heterocycles. The van der Waals surface area contributed by atoms with Gasteiger partial charge in [-0.05, 0) is 47.7 Å². The van der Waals surface area contributed by atoms with Crippen LogP contribution in [-0.2, 0) is 22.6 Å². The van der Waals surface area contributed by atoms with Crippen LogP contribution in [0.2, 0.25) is 0 Å². The molecule has 0 saturated heterocycles. The van der Waals surface area contributed by atoms with Crippen LogP contribution in [0.25, 0.3) is 0 Å². The fraction of sp³-hybridized carbons (Fsp3) is 0.409. The number of nitrogens with two attached hydrogens (primary N) is 1. The van der Waals surface area contributed by atoms with Crippen molar-refractivity contribution < 1.29 is 14.3 Å². The number of aromatic nitrogens is 1. The standard InChI is InChI=1S/C22H29N3O3/c1-15(2)13-25-22(27)20(16(3)21(23)26)12-17-4-6-19(7-5-17)28-14-18-8-10-24-11-9-18/h4-11,15-16,20H,12-14H2,1-3H3,(H2,23,26)(H,25,27). The smallest absolute Gasteiger partial charge is 0.224 e. The molecule has 2 unspecified atom stereocenters. The maximum absolute atomic E-state index is 12.6. The number of nitrogens with one attached hydrogen (secondary N) is 1. The molecule has 0 saturated carbocycles. The molecule has 0 radical (unpaired) electrons. The van der Waals surface area contributed by atoms with Crippen LogP contribution in [0, 0.1) is 17.8 Å². The van der Waals surface area contributed by atoms with Crippen molar-refractivity contribution in [1.82, 2.24) is 10.3 Å². The van der Waals surface area contributed by atoms with Crippen molar-refractivity contribution >= 4 is 11.8 Å². The summed E-state index contributed by atoms with van der Waals surface area (Å²) in [4.78, 5) is 28.2. The minimum absolute atomic E-state index is 0.141. The highest BCUT2D eigenvalue weighted by Gasteiger charge is 2.29. The first-order valence-electron chi connectivity index (χ1n) is 9.54. The summed E-state index contributed by atoms with van der Waals surface area (Å²) in [6.07, 6.45) is 3.90. The number of primary amides is 1. The Morgan fingerprint density at radius 1 is 1.04 bits per heavy atom. The van der Waals surface area contributed by atoms with Crippen LogP contribution < -0.4 is 15.8 Å². The van der Waals surface area contributed by atoms with Gasteiger partial charge in [-0.3, -0.25) is 14.6 Å². The van der Waals surface area contributed by atoms with Gasteiger partial charge >= 0.3 is 0 Å². The Balaban J connectivity index is 2.00. The minimum atomic E-state index is -0.547. The lowest BCUT2D eigenvalue weighted by Crippen LogP contribution is -2.41. The van der Waals surface area contributed by atoms with Crippen LogP contribution in [0.15, 0.2) is 48.8 Å². The molecule has 0 spiro atoms. The monoisotopic (exact) mass is 383 g/mol. The van der Waals surface area contributed by atoms with E-state index in [2.05, 4.69) is 10.3 Å². The van der Waals surface area contributed by atoms with Gasteiger partial charge in [-0.25, -0.2) is 0 Å². The van der Waals surface area contributed by atoms with Crippen molar-refractivity contribution in [3.05, 3.63) is 59.9 Å². The topological polar surface area (TPSA) is 94.3 Å². The van der Waals surface area contributed by atoms with E-state index in [4.69, 9.17) is 10.5 Å². The molecule has 0 bridgehead atoms. The maximum atomic E-state index is 12.6. The molecule has 3 N–H and O–H groups in total. The molecule has 0 fully saturated rings. The number of nitrogens with zero attached hydrogens (tertiary/aromatic N) is 1. The first kappa shape index (κ1) is 21.4. The Kier molecular flexibility index (Phi) is 7.99. The zero-order chi connectivity index (χ0) is 20.5. The normalized spacial score (nSPS) is 13.0. The summed E-state index contributed by atoms with van der Waals surface area (Å²) in [7, 11) is 0. The minimum Gasteiger partial charge on any atom is -0.489 e. The van der Waals surface area contributed by atoms with Gasteiger partial charge in [-0.15, -0.1) is 0 Å². The van der Waals surface area contributed by atoms with E-state index < -0.39 is 17.7 Å². The lowest BCUT2D eigenvalue weighted by atomic mass is 9.86. The van der Waals surface area contributed by atoms with Crippen molar-refractivity contribution in [2.45, 2.75) is 33.8 Å². The van der Waals surface area contributed by atoms with Gasteiger partial charge in [-0.2, -0.15) is 0 Å². The number of hydrogen-bond acceptors (Lipinski definition) is 4. The van der Waals surface area contributed by atoms with Crippen LogP contribution in [0.3, 0.4) is 0 Å². The molecule has 2 atom stereocenters. The van der Waals surface area contributed by atoms with Crippen molar-refractivity contribution in [3.8, 4) is 5.75 Å². The molecular formula is C22H29N3O3. The number of pyridine rings is 1. The maximum Gasteiger partial charge on any atom is 0.224 e. The summed E-state index contributed by atoms with van der Waals surface area (Å²) in [5.41, 5.74) is 7.45. The molecule has 28 heavy (non-hydrogen) atoms. The fourth-order valence-corrected chi connectivity index (χ4v) is 2.75. The SMILES string of the molecule is CC(C)CNC(=O)C(Cc1ccc(OCc2ccncc2)cc1)C(C)C(N)=O. The first-order chi connectivity index (χ1) is 13.4. The molecular weight excluding hydrogens is 354 g/mol. The van der Waals surface area contributed by atoms with E-state index in [1.807, 2.05) is 50.2 Å². The van der Waals surface area contributed by atoms with Crippen LogP contribution in [0.4, 0.5) is 0 Å². The molecule has 150 valence electrons. The Bertz CT molecular complexity index is 760. The molecule has 0 aliphatic carbocycles. The van der Waals surface area contributed by atoms with Gasteiger partial charge in [0, 0.05) is 24.9 Å². The van der Waals surface area contributed by atoms with E-state index in [0.29, 0.717) is 25.5 Å². The highest BCUT2D eigenvalue weighted by Crippen LogP contribution is 2.21. The van der Waals surface area contributed by atoms with Crippen LogP contribution in [0.1, 0.15) is 31.9 Å². The summed E-state index contributed by atoms with van der Waals surface area (Å²) in [5, 5.41) is 2.91. The van der Waals surface area contributed by atoms with Crippen LogP contribution in [0.5, 0.6) is 5.75 Å². The molecule has 2 aromatic rings. The summed E-state index contributed by atoms with van der Waals surface area (Å²) < 4.78 is 5.77. The Morgan fingerprint density at radius 3 is 2.25 bits per heavy atom. The molecule has 1 aromatic carbocycles. The Hall–Kier alpha value is -2.89. The van der Waals surface area contributed by atoms with E-state index in [1.165, 1.54) is 0 Å². The third-order valence-electron chi connectivity index (χ3n) is 4.61. The van der Waals surface area contributed by atoms with E-state index in [0.717, 1.165) is 16.9 Å². The van der Waals surface area contributed by atoms with Gasteiger partial charge in [0.15, 0.2) is 0 Å². The number of carbonyl (C=O) groups excluding carboxylic acids is 2. The third kappa shape index (κ3) is 6.68. The molecule has 6 heteroatoms. The number of amides is 2. The molecule has 0 aliphatic rings. The zero-order valence-electron chi connectivity index (χ0n) is 16.7. The zero-order valence-corrected chi connectivity index (χ0v) is 16.7. The van der Waals surface area contributed by atoms with Crippen LogP contribution in [-0.4, -0.2) is 23.3 Å². The van der Waals surface area contributed by atoms with Gasteiger partial charge in [-0.1, -0.05) is 32.9 Å². The van der Waals surface area contributed by atoms with Crippen molar-refractivity contribution in [2.24, 2.45) is 23.5 Å². The summed E-state index contributed by atoms with van der Waals surface area (Å²) >= 11 is 0. The van der Waals surface area contributed by atoms with E-state index >= 15 is 0 Å². The van der Waals surface area contributed by atoms with Crippen molar-refractivity contribution in [1.29, 1.82) is 0 Å². The molecule has 0 aliphatic heterocycles. The number of carbonyl (C=O) groups is 2. The quantitative estimate of drug-likeness (QED) is 0.659. The van der Waals surface area contributed by atoms with Gasteiger partial charge in [0.25, 0.3) is 0 Å². The van der Waals surface area contributed by atoms with Gasteiger partial charge < -0.3 is 15.8 Å². The van der Waals surface area contributed by atoms with Crippen molar-refractivity contribution in [3.63, 3.8) is 0 Å². The lowest BCUT2D eigenvalue weighted by molar-refractivity contribution is -0.132. The van der Waals surface area contributed by atoms with Gasteiger partial charge in [0.2, 0.25) is 11.8 Å². The lowest BCUT2D eigenvalue weighted by Gasteiger charge is -2.22. The van der Waals surface area contributed by atoms with Gasteiger partial charge in [0.1, 0.15) is 12.4 Å². The molecule has 2 amide bonds. The first-order valence-corrected chi connectivity index (χ1v) is 9.54. The van der Waals surface area contributed by atoms with Crippen LogP contribution >= 0.6 is 0 Å². The predicted molar refractivity (Wildman–Crippen MR) is 108 cm³/mol. The average Bonchev–Trinajstić information content (AvgIpc) is 2.69. The second-order valence-corrected chi connectivity index (χ2v) is 7.43. The molecule has 6 nitrogen and oxygen atoms in total. The Morgan fingerprint density at radius 2 is 1.68 bits per heavy atom. The largest absolute Gasteiger partial charge is 0.489 e. The highest BCUT2D eigenvalue weighted by molar-refractivity contribution is 5.86. The Labute approximate surface area is 166 Å². The van der Waals surface area contributed by atoms with E-state index in [9.17, 15) is 9.59 Å². The number of hydrogen-bond donors (Lipinski definition) is 2. The average molecular weight is 383 g/mol. The number of rotatable bonds is 10. The number of benzene rings is 1. The predicted octanol–water partition coefficient (Wildman–Crippen LogP) is 2.71. The van der Waals surface area contributed by atoms with E-state index in [-0.39, 0.29) is 5.91 Å². The fourth-order valence-electron chi connectivity index (χ4n) is 2.75. The summed E-state index contributed by atoms with van der Waals surface area (Å²) in [6.45, 7) is 6.78. The van der Waals surface area contributed by atoms with E-state index in [1.54, 1.807) is 19.3 Å². The summed E-state index contributed by atoms with van der Waals surface area (Å²) in [5.74, 6) is -0.579. The van der Waals surface area contributed by atoms with Gasteiger partial charge in [0.05, 0.1) is 5.92 Å². The highest BCUT2D eigenvalue weighted by atomic mass is 16.5. The van der Waals surface area contributed by atoms with Crippen molar-refractivity contribution in [2.75, 3.05) is 6.54 Å². The third-order valence-corrected chi connectivity index (χ3v) is 4.61. The number of ether oxygens (including phenoxy) is 1. The molecule has 2 rings (SSSR count). The molecule has 1 aromatic heterocycles. The second-order valence-electron chi connectivity index (χ2n) is 7.43. The second kappa shape index (κ2) is 10.4.